The Hall–Kier alpha value is -3.15. The van der Waals surface area contributed by atoms with Gasteiger partial charge in [-0.3, -0.25) is 9.59 Å². The van der Waals surface area contributed by atoms with Crippen LogP contribution in [0.4, 0.5) is 0 Å². The van der Waals surface area contributed by atoms with Crippen LogP contribution in [0.15, 0.2) is 82.1 Å². The van der Waals surface area contributed by atoms with E-state index in [9.17, 15) is 9.59 Å². The fourth-order valence-electron chi connectivity index (χ4n) is 3.50. The van der Waals surface area contributed by atoms with Gasteiger partial charge in [0.05, 0.1) is 12.7 Å². The number of H-pyrrole nitrogens is 1. The highest BCUT2D eigenvalue weighted by atomic mass is 79.9. The third kappa shape index (κ3) is 4.20. The largest absolute Gasteiger partial charge is 0.496 e. The van der Waals surface area contributed by atoms with E-state index in [1.54, 1.807) is 43.5 Å². The molecule has 1 heterocycles. The Morgan fingerprint density at radius 2 is 1.81 bits per heavy atom. The quantitative estimate of drug-likeness (QED) is 0.254. The van der Waals surface area contributed by atoms with E-state index in [2.05, 4.69) is 20.9 Å². The number of aromatic amines is 1. The van der Waals surface area contributed by atoms with Gasteiger partial charge >= 0.3 is 0 Å². The number of carbonyl (C=O) groups excluding carboxylic acids is 1. The molecule has 0 aliphatic carbocycles. The van der Waals surface area contributed by atoms with Crippen molar-refractivity contribution < 1.29 is 9.53 Å². The second kappa shape index (κ2) is 8.92. The molecule has 6 heteroatoms. The number of ketones is 1. The zero-order valence-electron chi connectivity index (χ0n) is 16.5. The molecule has 0 radical (unpaired) electrons. The first-order valence-electron chi connectivity index (χ1n) is 9.45. The van der Waals surface area contributed by atoms with Gasteiger partial charge in [0.15, 0.2) is 5.78 Å². The molecule has 3 aromatic carbocycles. The highest BCUT2D eigenvalue weighted by Crippen LogP contribution is 2.36. The predicted octanol–water partition coefficient (Wildman–Crippen LogP) is 6.52. The first kappa shape index (κ1) is 21.1. The van der Waals surface area contributed by atoms with Crippen LogP contribution in [0.1, 0.15) is 15.9 Å². The van der Waals surface area contributed by atoms with Crippen molar-refractivity contribution in [1.29, 1.82) is 0 Å². The van der Waals surface area contributed by atoms with Crippen molar-refractivity contribution in [3.63, 3.8) is 0 Å². The number of allylic oxidation sites excluding steroid dienone is 1. The summed E-state index contributed by atoms with van der Waals surface area (Å²) in [5.74, 6) is 0.207. The van der Waals surface area contributed by atoms with Crippen LogP contribution in [0.2, 0.25) is 5.02 Å². The maximum absolute atomic E-state index is 13.3. The van der Waals surface area contributed by atoms with Gasteiger partial charge in [-0.15, -0.1) is 0 Å². The van der Waals surface area contributed by atoms with Gasteiger partial charge in [-0.25, -0.2) is 0 Å². The molecule has 0 atom stereocenters. The summed E-state index contributed by atoms with van der Waals surface area (Å²) in [5, 5.41) is 1.17. The fourth-order valence-corrected chi connectivity index (χ4v) is 4.09. The van der Waals surface area contributed by atoms with E-state index in [1.807, 2.05) is 36.4 Å². The lowest BCUT2D eigenvalue weighted by Gasteiger charge is -2.13. The Bertz CT molecular complexity index is 1390. The van der Waals surface area contributed by atoms with E-state index in [1.165, 1.54) is 6.08 Å². The van der Waals surface area contributed by atoms with Gasteiger partial charge in [-0.2, -0.15) is 0 Å². The van der Waals surface area contributed by atoms with Gasteiger partial charge in [0.1, 0.15) is 5.75 Å². The maximum atomic E-state index is 13.3. The molecule has 31 heavy (non-hydrogen) atoms. The minimum absolute atomic E-state index is 0.0323. The zero-order chi connectivity index (χ0) is 22.0. The van der Waals surface area contributed by atoms with Crippen molar-refractivity contribution in [3.05, 3.63) is 104 Å². The zero-order valence-corrected chi connectivity index (χ0v) is 18.8. The summed E-state index contributed by atoms with van der Waals surface area (Å²) in [6.45, 7) is 0. The Labute approximate surface area is 192 Å². The number of halogens is 2. The van der Waals surface area contributed by atoms with Crippen LogP contribution in [0.25, 0.3) is 28.1 Å². The van der Waals surface area contributed by atoms with Crippen LogP contribution in [0.5, 0.6) is 5.75 Å². The number of methoxy groups -OCH3 is 1. The topological polar surface area (TPSA) is 59.2 Å². The van der Waals surface area contributed by atoms with Gasteiger partial charge in [0.25, 0.3) is 5.56 Å². The number of pyridine rings is 1. The van der Waals surface area contributed by atoms with Crippen LogP contribution >= 0.6 is 27.5 Å². The second-order valence-corrected chi connectivity index (χ2v) is 8.14. The number of carbonyl (C=O) groups is 1. The monoisotopic (exact) mass is 493 g/mol. The molecule has 4 aromatic rings. The number of hydrogen-bond acceptors (Lipinski definition) is 3. The van der Waals surface area contributed by atoms with Crippen LogP contribution < -0.4 is 10.3 Å². The summed E-state index contributed by atoms with van der Waals surface area (Å²) in [5.41, 5.74) is 2.03. The standard InChI is InChI=1S/C25H17BrClNO3/c1-31-22-9-5-2-6-15(22)10-13-21(29)24-23(17-7-3-4-8-19(17)27)18-14-16(26)11-12-20(18)28-25(24)30/h2-14H,1H3,(H,28,30). The van der Waals surface area contributed by atoms with Crippen molar-refractivity contribution in [2.75, 3.05) is 7.11 Å². The Kier molecular flexibility index (Phi) is 6.07. The molecule has 0 spiro atoms. The molecule has 1 aromatic heterocycles. The van der Waals surface area contributed by atoms with E-state index in [0.29, 0.717) is 27.4 Å². The Balaban J connectivity index is 1.95. The lowest BCUT2D eigenvalue weighted by atomic mass is 9.93. The van der Waals surface area contributed by atoms with Crippen LogP contribution in [0.3, 0.4) is 0 Å². The first-order chi connectivity index (χ1) is 15.0. The molecule has 0 amide bonds. The fraction of sp³-hybridized carbons (Fsp3) is 0.0400. The number of nitrogens with one attached hydrogen (secondary N) is 1. The molecule has 0 saturated carbocycles. The minimum atomic E-state index is -0.473. The Morgan fingerprint density at radius 1 is 1.06 bits per heavy atom. The summed E-state index contributed by atoms with van der Waals surface area (Å²) in [6.07, 6.45) is 3.02. The van der Waals surface area contributed by atoms with Crippen LogP contribution in [0, 0.1) is 0 Å². The van der Waals surface area contributed by atoms with Crippen molar-refractivity contribution in [1.82, 2.24) is 4.98 Å². The number of ether oxygens (including phenoxy) is 1. The van der Waals surface area contributed by atoms with Crippen molar-refractivity contribution in [3.8, 4) is 16.9 Å². The van der Waals surface area contributed by atoms with E-state index in [0.717, 1.165) is 15.4 Å². The molecule has 0 bridgehead atoms. The summed E-state index contributed by atoms with van der Waals surface area (Å²) in [4.78, 5) is 29.1. The summed E-state index contributed by atoms with van der Waals surface area (Å²) in [6, 6.07) is 20.0. The molecular weight excluding hydrogens is 478 g/mol. The average Bonchev–Trinajstić information content (AvgIpc) is 2.77. The van der Waals surface area contributed by atoms with Gasteiger partial charge in [-0.1, -0.05) is 63.9 Å². The predicted molar refractivity (Wildman–Crippen MR) is 129 cm³/mol. The molecule has 4 nitrogen and oxygen atoms in total. The molecule has 4 rings (SSSR count). The second-order valence-electron chi connectivity index (χ2n) is 6.81. The highest BCUT2D eigenvalue weighted by Gasteiger charge is 2.21. The maximum Gasteiger partial charge on any atom is 0.260 e. The molecular formula is C25H17BrClNO3. The smallest absolute Gasteiger partial charge is 0.260 e. The highest BCUT2D eigenvalue weighted by molar-refractivity contribution is 9.10. The number of aromatic nitrogens is 1. The SMILES string of the molecule is COc1ccccc1C=CC(=O)c1c(-c2ccccc2Cl)c2cc(Br)ccc2[nH]c1=O. The number of benzene rings is 3. The molecule has 0 unspecified atom stereocenters. The van der Waals surface area contributed by atoms with E-state index in [-0.39, 0.29) is 5.56 Å². The molecule has 0 aliphatic rings. The summed E-state index contributed by atoms with van der Waals surface area (Å²) in [7, 11) is 1.57. The van der Waals surface area contributed by atoms with Crippen molar-refractivity contribution >= 4 is 50.3 Å². The lowest BCUT2D eigenvalue weighted by Crippen LogP contribution is -2.18. The third-order valence-electron chi connectivity index (χ3n) is 4.92. The number of hydrogen-bond donors (Lipinski definition) is 1. The van der Waals surface area contributed by atoms with Crippen molar-refractivity contribution in [2.45, 2.75) is 0 Å². The van der Waals surface area contributed by atoms with Crippen LogP contribution in [-0.4, -0.2) is 17.9 Å². The third-order valence-corrected chi connectivity index (χ3v) is 5.74. The molecule has 154 valence electrons. The van der Waals surface area contributed by atoms with Gasteiger partial charge < -0.3 is 9.72 Å². The number of para-hydroxylation sites is 1. The molecule has 0 aliphatic heterocycles. The first-order valence-corrected chi connectivity index (χ1v) is 10.6. The summed E-state index contributed by atoms with van der Waals surface area (Å²) < 4.78 is 6.16. The van der Waals surface area contributed by atoms with E-state index in [4.69, 9.17) is 16.3 Å². The minimum Gasteiger partial charge on any atom is -0.496 e. The number of rotatable bonds is 5. The normalized spacial score (nSPS) is 11.2. The lowest BCUT2D eigenvalue weighted by molar-refractivity contribution is 0.104. The molecule has 0 fully saturated rings. The van der Waals surface area contributed by atoms with Gasteiger partial charge in [-0.05, 0) is 42.5 Å². The molecule has 0 saturated heterocycles. The van der Waals surface area contributed by atoms with Crippen LogP contribution in [-0.2, 0) is 0 Å². The van der Waals surface area contributed by atoms with Gasteiger partial charge in [0, 0.05) is 37.1 Å². The van der Waals surface area contributed by atoms with E-state index >= 15 is 0 Å². The Morgan fingerprint density at radius 3 is 2.58 bits per heavy atom. The van der Waals surface area contributed by atoms with E-state index < -0.39 is 11.3 Å². The number of fused-ring (bicyclic) bond motifs is 1. The average molecular weight is 495 g/mol. The van der Waals surface area contributed by atoms with Gasteiger partial charge in [0.2, 0.25) is 0 Å². The van der Waals surface area contributed by atoms with Crippen molar-refractivity contribution in [2.24, 2.45) is 0 Å². The molecule has 1 N–H and O–H groups in total. The summed E-state index contributed by atoms with van der Waals surface area (Å²) >= 11 is 9.95.